The molecule has 3 nitrogen and oxygen atoms in total. The fraction of sp³-hybridized carbons (Fsp3) is 0.143. The molecular weight excluding hydrogens is 219 g/mol. The first-order chi connectivity index (χ1) is 6.47. The van der Waals surface area contributed by atoms with Crippen molar-refractivity contribution in [3.05, 3.63) is 23.4 Å². The smallest absolute Gasteiger partial charge is 0.261 e. The number of hydrazone groups is 1. The Bertz CT molecular complexity index is 337. The fourth-order valence-electron chi connectivity index (χ4n) is 0.642. The molecule has 1 aromatic rings. The number of nitrogens with zero attached hydrogens (tertiary/aromatic N) is 2. The molecule has 0 atom stereocenters. The van der Waals surface area contributed by atoms with Gasteiger partial charge in [0.1, 0.15) is 17.2 Å². The number of halogens is 4. The van der Waals surface area contributed by atoms with Crippen molar-refractivity contribution in [3.8, 4) is 0 Å². The molecular formula is C7H5ClF3N3. The standard InChI is InChI=1S/C7H5ClF3N3/c8-5-2-1-3-6(13-5)14-12-4-7(9,10)11/h1-4H,(H,13,14)/b12-4+. The van der Waals surface area contributed by atoms with Gasteiger partial charge in [-0.05, 0) is 12.1 Å². The summed E-state index contributed by atoms with van der Waals surface area (Å²) >= 11 is 5.49. The van der Waals surface area contributed by atoms with Crippen LogP contribution in [0.25, 0.3) is 0 Å². The lowest BCUT2D eigenvalue weighted by molar-refractivity contribution is -0.0536. The lowest BCUT2D eigenvalue weighted by atomic mass is 10.5. The molecule has 0 amide bonds. The summed E-state index contributed by atoms with van der Waals surface area (Å²) in [5, 5.41) is 3.11. The van der Waals surface area contributed by atoms with Crippen molar-refractivity contribution >= 4 is 23.6 Å². The van der Waals surface area contributed by atoms with Crippen LogP contribution in [0.5, 0.6) is 0 Å². The van der Waals surface area contributed by atoms with Gasteiger partial charge in [-0.15, -0.1) is 0 Å². The van der Waals surface area contributed by atoms with Crippen LogP contribution in [0.3, 0.4) is 0 Å². The summed E-state index contributed by atoms with van der Waals surface area (Å²) in [5.74, 6) is 0.151. The van der Waals surface area contributed by atoms with E-state index in [9.17, 15) is 13.2 Å². The predicted molar refractivity (Wildman–Crippen MR) is 47.4 cm³/mol. The van der Waals surface area contributed by atoms with E-state index in [2.05, 4.69) is 15.5 Å². The number of hydrogen-bond donors (Lipinski definition) is 1. The van der Waals surface area contributed by atoms with Gasteiger partial charge in [0.2, 0.25) is 0 Å². The van der Waals surface area contributed by atoms with Crippen molar-refractivity contribution in [3.63, 3.8) is 0 Å². The topological polar surface area (TPSA) is 37.3 Å². The first-order valence-corrected chi connectivity index (χ1v) is 3.85. The summed E-state index contributed by atoms with van der Waals surface area (Å²) in [4.78, 5) is 3.67. The van der Waals surface area contributed by atoms with Crippen LogP contribution in [0.4, 0.5) is 19.0 Å². The van der Waals surface area contributed by atoms with Gasteiger partial charge in [-0.1, -0.05) is 17.7 Å². The van der Waals surface area contributed by atoms with Crippen molar-refractivity contribution in [2.24, 2.45) is 5.10 Å². The number of pyridine rings is 1. The molecule has 76 valence electrons. The first kappa shape index (κ1) is 10.8. The van der Waals surface area contributed by atoms with Crippen LogP contribution in [-0.4, -0.2) is 17.4 Å². The molecule has 1 heterocycles. The molecule has 0 fully saturated rings. The van der Waals surface area contributed by atoms with Gasteiger partial charge in [0, 0.05) is 0 Å². The average molecular weight is 224 g/mol. The molecule has 0 unspecified atom stereocenters. The van der Waals surface area contributed by atoms with Crippen LogP contribution in [0, 0.1) is 0 Å². The molecule has 0 bridgehead atoms. The highest BCUT2D eigenvalue weighted by Crippen LogP contribution is 2.12. The van der Waals surface area contributed by atoms with Crippen molar-refractivity contribution in [1.29, 1.82) is 0 Å². The average Bonchev–Trinajstić information content (AvgIpc) is 2.01. The normalized spacial score (nSPS) is 12.0. The van der Waals surface area contributed by atoms with E-state index in [1.54, 1.807) is 6.07 Å². The summed E-state index contributed by atoms with van der Waals surface area (Å²) in [6, 6.07) is 4.49. The second-order valence-electron chi connectivity index (χ2n) is 2.26. The number of alkyl halides is 3. The second-order valence-corrected chi connectivity index (χ2v) is 2.64. The minimum Gasteiger partial charge on any atom is -0.261 e. The zero-order valence-electron chi connectivity index (χ0n) is 6.72. The SMILES string of the molecule is FC(F)(F)/C=N/Nc1cccc(Cl)n1. The van der Waals surface area contributed by atoms with Crippen molar-refractivity contribution in [1.82, 2.24) is 4.98 Å². The van der Waals surface area contributed by atoms with Gasteiger partial charge in [0.25, 0.3) is 0 Å². The number of rotatable bonds is 2. The second kappa shape index (κ2) is 4.28. The van der Waals surface area contributed by atoms with Crippen LogP contribution in [0.2, 0.25) is 5.15 Å². The number of nitrogens with one attached hydrogen (secondary N) is 1. The molecule has 1 N–H and O–H groups in total. The monoisotopic (exact) mass is 223 g/mol. The van der Waals surface area contributed by atoms with E-state index in [-0.39, 0.29) is 17.2 Å². The van der Waals surface area contributed by atoms with E-state index in [0.29, 0.717) is 0 Å². The summed E-state index contributed by atoms with van der Waals surface area (Å²) < 4.78 is 34.8. The maximum absolute atomic E-state index is 11.6. The Morgan fingerprint density at radius 2 is 2.14 bits per heavy atom. The summed E-state index contributed by atoms with van der Waals surface area (Å²) in [5.41, 5.74) is 2.10. The lowest BCUT2D eigenvalue weighted by Gasteiger charge is -2.00. The van der Waals surface area contributed by atoms with Crippen LogP contribution in [0.1, 0.15) is 0 Å². The third-order valence-corrected chi connectivity index (χ3v) is 1.32. The molecule has 0 aliphatic carbocycles. The summed E-state index contributed by atoms with van der Waals surface area (Å²) in [6.45, 7) is 0. The van der Waals surface area contributed by atoms with E-state index < -0.39 is 6.18 Å². The Balaban J connectivity index is 2.58. The van der Waals surface area contributed by atoms with Crippen molar-refractivity contribution in [2.75, 3.05) is 5.43 Å². The van der Waals surface area contributed by atoms with E-state index in [1.165, 1.54) is 12.1 Å². The predicted octanol–water partition coefficient (Wildman–Crippen LogP) is 2.70. The van der Waals surface area contributed by atoms with E-state index in [0.717, 1.165) is 0 Å². The fourth-order valence-corrected chi connectivity index (χ4v) is 0.806. The van der Waals surface area contributed by atoms with Gasteiger partial charge >= 0.3 is 6.18 Å². The lowest BCUT2D eigenvalue weighted by Crippen LogP contribution is -2.10. The van der Waals surface area contributed by atoms with Gasteiger partial charge in [0.15, 0.2) is 0 Å². The minimum atomic E-state index is -4.44. The van der Waals surface area contributed by atoms with Gasteiger partial charge in [-0.25, -0.2) is 4.98 Å². The Hall–Kier alpha value is -1.30. The first-order valence-electron chi connectivity index (χ1n) is 3.47. The number of hydrogen-bond acceptors (Lipinski definition) is 3. The van der Waals surface area contributed by atoms with Crippen molar-refractivity contribution < 1.29 is 13.2 Å². The maximum Gasteiger partial charge on any atom is 0.428 e. The highest BCUT2D eigenvalue weighted by molar-refractivity contribution is 6.29. The van der Waals surface area contributed by atoms with Crippen LogP contribution in [-0.2, 0) is 0 Å². The largest absolute Gasteiger partial charge is 0.428 e. The molecule has 0 aliphatic rings. The van der Waals surface area contributed by atoms with Crippen LogP contribution >= 0.6 is 11.6 Å². The number of aromatic nitrogens is 1. The minimum absolute atomic E-state index is 0.151. The van der Waals surface area contributed by atoms with Gasteiger partial charge in [-0.2, -0.15) is 18.3 Å². The Labute approximate surface area is 82.6 Å². The quantitative estimate of drug-likeness (QED) is 0.476. The zero-order valence-corrected chi connectivity index (χ0v) is 7.47. The molecule has 0 aliphatic heterocycles. The zero-order chi connectivity index (χ0) is 10.6. The Morgan fingerprint density at radius 3 is 2.71 bits per heavy atom. The van der Waals surface area contributed by atoms with E-state index >= 15 is 0 Å². The van der Waals surface area contributed by atoms with Crippen LogP contribution in [0.15, 0.2) is 23.3 Å². The third-order valence-electron chi connectivity index (χ3n) is 1.11. The van der Waals surface area contributed by atoms with E-state index in [1.807, 2.05) is 0 Å². The number of anilines is 1. The molecule has 7 heteroatoms. The Kier molecular flexibility index (Phi) is 3.29. The van der Waals surface area contributed by atoms with E-state index in [4.69, 9.17) is 11.6 Å². The molecule has 0 saturated heterocycles. The molecule has 0 radical (unpaired) electrons. The highest BCUT2D eigenvalue weighted by Gasteiger charge is 2.23. The Morgan fingerprint density at radius 1 is 1.43 bits per heavy atom. The van der Waals surface area contributed by atoms with Gasteiger partial charge in [-0.3, -0.25) is 5.43 Å². The maximum atomic E-state index is 11.6. The molecule has 1 aromatic heterocycles. The molecule has 1 rings (SSSR count). The summed E-state index contributed by atoms with van der Waals surface area (Å²) in [7, 11) is 0. The van der Waals surface area contributed by atoms with Crippen molar-refractivity contribution in [2.45, 2.75) is 6.18 Å². The molecule has 0 spiro atoms. The molecule has 0 saturated carbocycles. The van der Waals surface area contributed by atoms with Crippen LogP contribution < -0.4 is 5.43 Å². The molecule has 14 heavy (non-hydrogen) atoms. The summed E-state index contributed by atoms with van der Waals surface area (Å²) in [6.07, 6.45) is -4.61. The highest BCUT2D eigenvalue weighted by atomic mass is 35.5. The third kappa shape index (κ3) is 4.08. The van der Waals surface area contributed by atoms with Gasteiger partial charge in [0.05, 0.1) is 0 Å². The van der Waals surface area contributed by atoms with Gasteiger partial charge < -0.3 is 0 Å². The molecule has 0 aromatic carbocycles.